The van der Waals surface area contributed by atoms with Crippen LogP contribution in [0.3, 0.4) is 0 Å². The second-order valence-corrected chi connectivity index (χ2v) is 5.41. The number of nitrogens with two attached hydrogens (primary N) is 1. The molecule has 0 heterocycles. The van der Waals surface area contributed by atoms with E-state index in [-0.39, 0.29) is 5.91 Å². The minimum atomic E-state index is -0.311. The van der Waals surface area contributed by atoms with Gasteiger partial charge in [0.2, 0.25) is 0 Å². The van der Waals surface area contributed by atoms with Crippen molar-refractivity contribution in [3.63, 3.8) is 0 Å². The smallest absolute Gasteiger partial charge is 0.259 e. The number of amides is 1. The van der Waals surface area contributed by atoms with E-state index in [9.17, 15) is 4.79 Å². The van der Waals surface area contributed by atoms with Crippen LogP contribution in [0, 0.1) is 0 Å². The molecule has 0 spiro atoms. The highest BCUT2D eigenvalue weighted by Gasteiger charge is 2.16. The molecule has 21 heavy (non-hydrogen) atoms. The van der Waals surface area contributed by atoms with E-state index in [0.29, 0.717) is 38.8 Å². The summed E-state index contributed by atoms with van der Waals surface area (Å²) in [5.74, 6) is 0.0735. The van der Waals surface area contributed by atoms with E-state index in [4.69, 9.17) is 22.1 Å². The molecule has 2 aromatic rings. The van der Waals surface area contributed by atoms with Crippen LogP contribution in [0.15, 0.2) is 40.9 Å². The number of anilines is 2. The summed E-state index contributed by atoms with van der Waals surface area (Å²) >= 11 is 9.35. The molecule has 3 N–H and O–H groups in total. The fourth-order valence-electron chi connectivity index (χ4n) is 1.83. The lowest BCUT2D eigenvalue weighted by atomic mass is 10.1. The molecule has 1 amide bonds. The van der Waals surface area contributed by atoms with Crippen molar-refractivity contribution in [1.82, 2.24) is 0 Å². The standard InChI is InChI=1S/C15H14BrClN2O2/c1-2-21-14-9(5-3-7-11(14)18)15(20)19-12-8-4-6-10(17)13(12)16/h3-8H,2,18H2,1H3,(H,19,20). The number of nitrogen functional groups attached to an aromatic ring is 1. The molecule has 0 saturated carbocycles. The van der Waals surface area contributed by atoms with Gasteiger partial charge >= 0.3 is 0 Å². The van der Waals surface area contributed by atoms with Crippen LogP contribution in [0.4, 0.5) is 11.4 Å². The van der Waals surface area contributed by atoms with Gasteiger partial charge in [-0.25, -0.2) is 0 Å². The van der Waals surface area contributed by atoms with E-state index >= 15 is 0 Å². The van der Waals surface area contributed by atoms with Gasteiger partial charge in [0.1, 0.15) is 0 Å². The number of carbonyl (C=O) groups is 1. The molecule has 0 aliphatic rings. The number of rotatable bonds is 4. The van der Waals surface area contributed by atoms with Crippen LogP contribution < -0.4 is 15.8 Å². The average molecular weight is 370 g/mol. The molecule has 2 aromatic carbocycles. The Hall–Kier alpha value is -1.72. The van der Waals surface area contributed by atoms with Gasteiger partial charge in [0.15, 0.2) is 5.75 Å². The molecule has 0 aliphatic heterocycles. The number of nitrogens with one attached hydrogen (secondary N) is 1. The van der Waals surface area contributed by atoms with Gasteiger partial charge in [-0.2, -0.15) is 0 Å². The molecule has 0 unspecified atom stereocenters. The zero-order valence-electron chi connectivity index (χ0n) is 11.3. The normalized spacial score (nSPS) is 10.2. The molecule has 110 valence electrons. The van der Waals surface area contributed by atoms with Crippen LogP contribution >= 0.6 is 27.5 Å². The minimum absolute atomic E-state index is 0.311. The Morgan fingerprint density at radius 3 is 2.76 bits per heavy atom. The van der Waals surface area contributed by atoms with Gasteiger partial charge in [0.25, 0.3) is 5.91 Å². The minimum Gasteiger partial charge on any atom is -0.491 e. The van der Waals surface area contributed by atoms with Crippen molar-refractivity contribution in [3.8, 4) is 5.75 Å². The third-order valence-corrected chi connectivity index (χ3v) is 4.18. The van der Waals surface area contributed by atoms with Crippen molar-refractivity contribution in [1.29, 1.82) is 0 Å². The van der Waals surface area contributed by atoms with Gasteiger partial charge < -0.3 is 15.8 Å². The zero-order valence-corrected chi connectivity index (χ0v) is 13.7. The number of hydrogen-bond acceptors (Lipinski definition) is 3. The fourth-order valence-corrected chi connectivity index (χ4v) is 2.37. The second kappa shape index (κ2) is 6.83. The number of halogens is 2. The van der Waals surface area contributed by atoms with Crippen LogP contribution in [0.5, 0.6) is 5.75 Å². The van der Waals surface area contributed by atoms with Crippen LogP contribution in [-0.2, 0) is 0 Å². The maximum atomic E-state index is 12.4. The Bertz CT molecular complexity index is 677. The average Bonchev–Trinajstić information content (AvgIpc) is 2.46. The quantitative estimate of drug-likeness (QED) is 0.788. The summed E-state index contributed by atoms with van der Waals surface area (Å²) in [5, 5.41) is 3.31. The van der Waals surface area contributed by atoms with Crippen molar-refractivity contribution in [2.75, 3.05) is 17.7 Å². The molecule has 4 nitrogen and oxygen atoms in total. The van der Waals surface area contributed by atoms with Crippen molar-refractivity contribution < 1.29 is 9.53 Å². The molecule has 0 fully saturated rings. The van der Waals surface area contributed by atoms with Crippen LogP contribution in [0.2, 0.25) is 5.02 Å². The molecule has 0 atom stereocenters. The summed E-state index contributed by atoms with van der Waals surface area (Å²) in [7, 11) is 0. The van der Waals surface area contributed by atoms with Crippen molar-refractivity contribution in [2.24, 2.45) is 0 Å². The van der Waals surface area contributed by atoms with Crippen LogP contribution in [0.25, 0.3) is 0 Å². The van der Waals surface area contributed by atoms with E-state index in [1.165, 1.54) is 0 Å². The molecular formula is C15H14BrClN2O2. The fraction of sp³-hybridized carbons (Fsp3) is 0.133. The summed E-state index contributed by atoms with van der Waals surface area (Å²) < 4.78 is 6.08. The number of ether oxygens (including phenoxy) is 1. The number of para-hydroxylation sites is 1. The molecule has 0 bridgehead atoms. The van der Waals surface area contributed by atoms with Gasteiger partial charge in [0, 0.05) is 0 Å². The van der Waals surface area contributed by atoms with E-state index < -0.39 is 0 Å². The zero-order chi connectivity index (χ0) is 15.4. The number of carbonyl (C=O) groups excluding carboxylic acids is 1. The van der Waals surface area contributed by atoms with Crippen molar-refractivity contribution in [2.45, 2.75) is 6.92 Å². The monoisotopic (exact) mass is 368 g/mol. The highest BCUT2D eigenvalue weighted by molar-refractivity contribution is 9.10. The Kier molecular flexibility index (Phi) is 5.09. The van der Waals surface area contributed by atoms with Crippen molar-refractivity contribution in [3.05, 3.63) is 51.5 Å². The predicted octanol–water partition coefficient (Wildman–Crippen LogP) is 4.34. The molecule has 0 saturated heterocycles. The first-order valence-electron chi connectivity index (χ1n) is 6.31. The topological polar surface area (TPSA) is 64.3 Å². The van der Waals surface area contributed by atoms with E-state index in [0.717, 1.165) is 0 Å². The first-order valence-corrected chi connectivity index (χ1v) is 7.48. The molecule has 0 aromatic heterocycles. The second-order valence-electron chi connectivity index (χ2n) is 4.21. The molecule has 0 aliphatic carbocycles. The molecule has 2 rings (SSSR count). The van der Waals surface area contributed by atoms with Crippen molar-refractivity contribution >= 4 is 44.8 Å². The number of hydrogen-bond donors (Lipinski definition) is 2. The molecule has 6 heteroatoms. The van der Waals surface area contributed by atoms with Gasteiger partial charge in [-0.1, -0.05) is 23.7 Å². The molecule has 0 radical (unpaired) electrons. The highest BCUT2D eigenvalue weighted by Crippen LogP contribution is 2.32. The number of benzene rings is 2. The van der Waals surface area contributed by atoms with Gasteiger partial charge in [-0.3, -0.25) is 4.79 Å². The summed E-state index contributed by atoms with van der Waals surface area (Å²) in [6, 6.07) is 10.3. The lowest BCUT2D eigenvalue weighted by Gasteiger charge is -2.13. The first kappa shape index (κ1) is 15.7. The summed E-state index contributed by atoms with van der Waals surface area (Å²) in [5.41, 5.74) is 7.24. The van der Waals surface area contributed by atoms with Crippen LogP contribution in [-0.4, -0.2) is 12.5 Å². The van der Waals surface area contributed by atoms with E-state index in [1.807, 2.05) is 6.92 Å². The van der Waals surface area contributed by atoms with Gasteiger partial charge in [-0.05, 0) is 47.1 Å². The largest absolute Gasteiger partial charge is 0.491 e. The maximum Gasteiger partial charge on any atom is 0.259 e. The lowest BCUT2D eigenvalue weighted by molar-refractivity contribution is 0.102. The van der Waals surface area contributed by atoms with Crippen LogP contribution in [0.1, 0.15) is 17.3 Å². The lowest BCUT2D eigenvalue weighted by Crippen LogP contribution is -2.15. The summed E-state index contributed by atoms with van der Waals surface area (Å²) in [6.45, 7) is 2.26. The van der Waals surface area contributed by atoms with Gasteiger partial charge in [-0.15, -0.1) is 0 Å². The maximum absolute atomic E-state index is 12.4. The third kappa shape index (κ3) is 3.49. The van der Waals surface area contributed by atoms with E-state index in [2.05, 4.69) is 21.2 Å². The SMILES string of the molecule is CCOc1c(N)cccc1C(=O)Nc1cccc(Cl)c1Br. The highest BCUT2D eigenvalue weighted by atomic mass is 79.9. The van der Waals surface area contributed by atoms with Gasteiger partial charge in [0.05, 0.1) is 33.0 Å². The Labute approximate surface area is 136 Å². The predicted molar refractivity (Wildman–Crippen MR) is 89.1 cm³/mol. The third-order valence-electron chi connectivity index (χ3n) is 2.78. The summed E-state index contributed by atoms with van der Waals surface area (Å²) in [6.07, 6.45) is 0. The Balaban J connectivity index is 2.33. The summed E-state index contributed by atoms with van der Waals surface area (Å²) in [4.78, 5) is 12.4. The Morgan fingerprint density at radius 1 is 1.33 bits per heavy atom. The Morgan fingerprint density at radius 2 is 2.05 bits per heavy atom. The first-order chi connectivity index (χ1) is 10.0. The van der Waals surface area contributed by atoms with E-state index in [1.54, 1.807) is 36.4 Å². The molecular weight excluding hydrogens is 356 g/mol.